The van der Waals surface area contributed by atoms with Crippen LogP contribution in [0.3, 0.4) is 0 Å². The van der Waals surface area contributed by atoms with E-state index in [-0.39, 0.29) is 12.4 Å². The van der Waals surface area contributed by atoms with Gasteiger partial charge in [0.15, 0.2) is 0 Å². The first kappa shape index (κ1) is 36.6. The number of aromatic nitrogens is 4. The maximum atomic E-state index is 14.1. The maximum Gasteiger partial charge on any atom is 0.229 e. The predicted molar refractivity (Wildman–Crippen MR) is 206 cm³/mol. The molecule has 268 valence electrons. The second-order valence-corrected chi connectivity index (χ2v) is 17.7. The molecule has 2 aliphatic heterocycles. The number of rotatable bonds is 11. The predicted octanol–water partition coefficient (Wildman–Crippen LogP) is 6.60. The SMILES string of the molecule is Cl.Cn1cc(-c2cc(Nc3ncc(Br)c(Nc4ccc(F)cc4P(C)(C)=O)n3)c(OCC3CC3)cc2N2CCC(N3CCNCC3)CC2)cn1. The highest BCUT2D eigenvalue weighted by Gasteiger charge is 2.29. The number of hydrogen-bond donors (Lipinski definition) is 3. The summed E-state index contributed by atoms with van der Waals surface area (Å²) in [5.74, 6) is 1.68. The average Bonchev–Trinajstić information content (AvgIpc) is 3.83. The Bertz CT molecular complexity index is 1860. The number of hydrogen-bond acceptors (Lipinski definition) is 10. The van der Waals surface area contributed by atoms with E-state index in [4.69, 9.17) is 9.72 Å². The van der Waals surface area contributed by atoms with Crippen molar-refractivity contribution in [1.29, 1.82) is 0 Å². The van der Waals surface area contributed by atoms with E-state index in [9.17, 15) is 8.96 Å². The van der Waals surface area contributed by atoms with Gasteiger partial charge in [-0.1, -0.05) is 0 Å². The summed E-state index contributed by atoms with van der Waals surface area (Å²) in [6.07, 6.45) is 10.2. The Morgan fingerprint density at radius 3 is 2.46 bits per heavy atom. The number of nitrogens with zero attached hydrogens (tertiary/aromatic N) is 6. The lowest BCUT2D eigenvalue weighted by molar-refractivity contribution is 0.150. The molecule has 3 fully saturated rings. The zero-order chi connectivity index (χ0) is 34.1. The molecular weight excluding hydrogens is 744 g/mol. The van der Waals surface area contributed by atoms with E-state index >= 15 is 0 Å². The van der Waals surface area contributed by atoms with Gasteiger partial charge in [0.1, 0.15) is 24.5 Å². The molecule has 11 nitrogen and oxygen atoms in total. The lowest BCUT2D eigenvalue weighted by Gasteiger charge is -2.41. The fourth-order valence-corrected chi connectivity index (χ4v) is 8.10. The van der Waals surface area contributed by atoms with Crippen molar-refractivity contribution in [3.8, 4) is 16.9 Å². The molecule has 0 unspecified atom stereocenters. The molecule has 4 aromatic rings. The van der Waals surface area contributed by atoms with E-state index in [1.165, 1.54) is 25.0 Å². The van der Waals surface area contributed by atoms with Gasteiger partial charge in [-0.2, -0.15) is 10.1 Å². The van der Waals surface area contributed by atoms with Crippen LogP contribution >= 0.6 is 35.5 Å². The number of piperidine rings is 1. The summed E-state index contributed by atoms with van der Waals surface area (Å²) in [5, 5.41) is 15.1. The molecule has 1 saturated carbocycles. The Morgan fingerprint density at radius 1 is 1.02 bits per heavy atom. The summed E-state index contributed by atoms with van der Waals surface area (Å²) < 4.78 is 36.1. The van der Waals surface area contributed by atoms with E-state index in [1.807, 2.05) is 24.1 Å². The smallest absolute Gasteiger partial charge is 0.229 e. The molecule has 0 amide bonds. The van der Waals surface area contributed by atoms with Crippen molar-refractivity contribution in [3.05, 3.63) is 59.2 Å². The largest absolute Gasteiger partial charge is 0.491 e. The molecule has 7 rings (SSSR count). The molecule has 4 heterocycles. The molecule has 15 heteroatoms. The molecule has 0 bridgehead atoms. The first-order chi connectivity index (χ1) is 23.6. The molecule has 3 N–H and O–H groups in total. The van der Waals surface area contributed by atoms with Crippen LogP contribution < -0.4 is 30.9 Å². The van der Waals surface area contributed by atoms with Gasteiger partial charge in [0.05, 0.1) is 28.7 Å². The molecule has 0 spiro atoms. The molecule has 0 atom stereocenters. The summed E-state index contributed by atoms with van der Waals surface area (Å²) in [5.41, 5.74) is 4.49. The van der Waals surface area contributed by atoms with Crippen molar-refractivity contribution in [2.24, 2.45) is 13.0 Å². The first-order valence-electron chi connectivity index (χ1n) is 17.0. The van der Waals surface area contributed by atoms with Crippen molar-refractivity contribution in [1.82, 2.24) is 30.0 Å². The third kappa shape index (κ3) is 8.62. The van der Waals surface area contributed by atoms with Crippen molar-refractivity contribution >= 4 is 69.6 Å². The van der Waals surface area contributed by atoms with Gasteiger partial charge in [-0.3, -0.25) is 9.58 Å². The number of benzene rings is 2. The average molecular weight is 789 g/mol. The maximum absolute atomic E-state index is 14.1. The fraction of sp³-hybridized carbons (Fsp3) is 0.457. The number of anilines is 5. The van der Waals surface area contributed by atoms with Crippen molar-refractivity contribution in [3.63, 3.8) is 0 Å². The van der Waals surface area contributed by atoms with Gasteiger partial charge in [-0.25, -0.2) is 9.37 Å². The van der Waals surface area contributed by atoms with Gasteiger partial charge >= 0.3 is 0 Å². The molecule has 2 aromatic heterocycles. The van der Waals surface area contributed by atoms with Gasteiger partial charge in [0.2, 0.25) is 5.95 Å². The van der Waals surface area contributed by atoms with Gasteiger partial charge in [0.25, 0.3) is 0 Å². The van der Waals surface area contributed by atoms with Crippen LogP contribution in [0.2, 0.25) is 0 Å². The lowest BCUT2D eigenvalue weighted by Crippen LogP contribution is -2.52. The van der Waals surface area contributed by atoms with E-state index in [0.29, 0.717) is 45.8 Å². The topological polar surface area (TPSA) is 112 Å². The molecule has 2 saturated heterocycles. The van der Waals surface area contributed by atoms with Gasteiger partial charge in [0, 0.05) is 92.9 Å². The highest BCUT2D eigenvalue weighted by molar-refractivity contribution is 9.10. The Balaban J connectivity index is 0.00000432. The van der Waals surface area contributed by atoms with Crippen LogP contribution in [0.1, 0.15) is 25.7 Å². The summed E-state index contributed by atoms with van der Waals surface area (Å²) >= 11 is 3.55. The van der Waals surface area contributed by atoms with Gasteiger partial charge in [-0.15, -0.1) is 12.4 Å². The third-order valence-corrected chi connectivity index (χ3v) is 11.7. The Hall–Kier alpha value is -3.22. The van der Waals surface area contributed by atoms with Gasteiger partial charge < -0.3 is 30.2 Å². The molecule has 2 aromatic carbocycles. The molecule has 50 heavy (non-hydrogen) atoms. The third-order valence-electron chi connectivity index (χ3n) is 9.54. The standard InChI is InChI=1S/C35H44BrFN9O2P.ClH/c1-44-21-24(19-40-44)27-17-30(42-35-39-20-28(36)34(43-35)41-29-7-6-25(37)16-33(29)49(2,3)47)32(48-22-23-4-5-23)18-31(27)46-12-8-26(9-13-46)45-14-10-38-11-15-45;/h6-7,16-21,23,26,38H,4-5,8-15,22H2,1-3H3,(H2,39,41,42,43);1H. The van der Waals surface area contributed by atoms with Crippen LogP contribution in [0.15, 0.2) is 53.4 Å². The van der Waals surface area contributed by atoms with Crippen molar-refractivity contribution < 1.29 is 13.7 Å². The number of halogens is 3. The Kier molecular flexibility index (Phi) is 11.4. The highest BCUT2D eigenvalue weighted by Crippen LogP contribution is 2.43. The monoisotopic (exact) mass is 787 g/mol. The van der Waals surface area contributed by atoms with Crippen LogP contribution in [0, 0.1) is 11.7 Å². The molecular formula is C35H45BrClFN9O2P. The minimum atomic E-state index is -2.79. The highest BCUT2D eigenvalue weighted by atomic mass is 79.9. The van der Waals surface area contributed by atoms with Crippen LogP contribution in [-0.4, -0.2) is 89.9 Å². The minimum Gasteiger partial charge on any atom is -0.491 e. The summed E-state index contributed by atoms with van der Waals surface area (Å²) in [6.45, 7) is 10.2. The summed E-state index contributed by atoms with van der Waals surface area (Å²) in [6, 6.07) is 9.14. The number of aryl methyl sites for hydroxylation is 1. The van der Waals surface area contributed by atoms with Crippen LogP contribution in [0.25, 0.3) is 11.1 Å². The van der Waals surface area contributed by atoms with Crippen LogP contribution in [0.4, 0.5) is 33.2 Å². The van der Waals surface area contributed by atoms with E-state index < -0.39 is 13.0 Å². The summed E-state index contributed by atoms with van der Waals surface area (Å²) in [4.78, 5) is 14.5. The van der Waals surface area contributed by atoms with Crippen LogP contribution in [-0.2, 0) is 11.6 Å². The summed E-state index contributed by atoms with van der Waals surface area (Å²) in [7, 11) is -0.857. The zero-order valence-electron chi connectivity index (χ0n) is 28.7. The van der Waals surface area contributed by atoms with E-state index in [1.54, 1.807) is 25.6 Å². The Morgan fingerprint density at radius 2 is 1.78 bits per heavy atom. The van der Waals surface area contributed by atoms with E-state index in [0.717, 1.165) is 80.4 Å². The quantitative estimate of drug-likeness (QED) is 0.144. The Labute approximate surface area is 307 Å². The molecule has 0 radical (unpaired) electrons. The molecule has 3 aliphatic rings. The lowest BCUT2D eigenvalue weighted by atomic mass is 9.98. The second kappa shape index (κ2) is 15.6. The van der Waals surface area contributed by atoms with Crippen molar-refractivity contribution in [2.75, 3.05) is 74.7 Å². The number of ether oxygens (including phenoxy) is 1. The van der Waals surface area contributed by atoms with Crippen LogP contribution in [0.5, 0.6) is 5.75 Å². The zero-order valence-corrected chi connectivity index (χ0v) is 32.0. The molecule has 1 aliphatic carbocycles. The minimum absolute atomic E-state index is 0. The number of piperazine rings is 1. The normalized spacial score (nSPS) is 17.3. The van der Waals surface area contributed by atoms with E-state index in [2.05, 4.69) is 63.9 Å². The van der Waals surface area contributed by atoms with Gasteiger partial charge in [-0.05, 0) is 85.1 Å². The first-order valence-corrected chi connectivity index (χ1v) is 20.4. The number of nitrogens with one attached hydrogen (secondary N) is 3. The second-order valence-electron chi connectivity index (χ2n) is 13.7. The fourth-order valence-electron chi connectivity index (χ4n) is 6.67. The van der Waals surface area contributed by atoms with Crippen molar-refractivity contribution in [2.45, 2.75) is 31.7 Å².